The fourth-order valence-electron chi connectivity index (χ4n) is 3.08. The van der Waals surface area contributed by atoms with E-state index in [0.29, 0.717) is 11.1 Å². The zero-order valence-electron chi connectivity index (χ0n) is 14.6. The standard InChI is InChI=1S/C18H19F3N4O/c1-16(2)18(20,21)17(3,25-15(22)9-26-16)13-6-11(4-5-14(13)19)12-7-23-10-24-8-12/h4-8,10H,9H2,1-3H3,(H2,22,25). The Bertz CT molecular complexity index is 855. The van der Waals surface area contributed by atoms with E-state index in [-0.39, 0.29) is 18.0 Å². The SMILES string of the molecule is CC1(C)OCC(N)=NC(C)(c2cc(-c3cncnc3)ccc2F)C1(F)F. The van der Waals surface area contributed by atoms with E-state index in [9.17, 15) is 4.39 Å². The summed E-state index contributed by atoms with van der Waals surface area (Å²) in [6.45, 7) is 3.39. The van der Waals surface area contributed by atoms with Gasteiger partial charge in [-0.3, -0.25) is 4.99 Å². The Morgan fingerprint density at radius 3 is 2.38 bits per heavy atom. The lowest BCUT2D eigenvalue weighted by molar-refractivity contribution is -0.214. The van der Waals surface area contributed by atoms with Gasteiger partial charge in [0.1, 0.15) is 30.2 Å². The fraction of sp³-hybridized carbons (Fsp3) is 0.389. The summed E-state index contributed by atoms with van der Waals surface area (Å²) < 4.78 is 50.7. The monoisotopic (exact) mass is 364 g/mol. The Morgan fingerprint density at radius 2 is 1.73 bits per heavy atom. The highest BCUT2D eigenvalue weighted by molar-refractivity contribution is 5.82. The van der Waals surface area contributed by atoms with Gasteiger partial charge in [0.25, 0.3) is 0 Å². The highest BCUT2D eigenvalue weighted by Crippen LogP contribution is 2.50. The third-order valence-electron chi connectivity index (χ3n) is 4.70. The molecule has 0 radical (unpaired) electrons. The van der Waals surface area contributed by atoms with Crippen LogP contribution in [-0.2, 0) is 10.3 Å². The van der Waals surface area contributed by atoms with Gasteiger partial charge in [0, 0.05) is 23.5 Å². The maximum Gasteiger partial charge on any atom is 0.304 e. The van der Waals surface area contributed by atoms with Crippen molar-refractivity contribution in [2.45, 2.75) is 37.8 Å². The maximum atomic E-state index is 15.4. The second-order valence-corrected chi connectivity index (χ2v) is 6.87. The molecule has 1 aromatic heterocycles. The van der Waals surface area contributed by atoms with Gasteiger partial charge in [-0.05, 0) is 38.5 Å². The molecule has 0 bridgehead atoms. The quantitative estimate of drug-likeness (QED) is 0.887. The highest BCUT2D eigenvalue weighted by Gasteiger charge is 2.63. The molecule has 0 fully saturated rings. The van der Waals surface area contributed by atoms with E-state index in [2.05, 4.69) is 15.0 Å². The molecule has 2 heterocycles. The van der Waals surface area contributed by atoms with E-state index in [1.165, 1.54) is 51.6 Å². The minimum atomic E-state index is -3.53. The van der Waals surface area contributed by atoms with E-state index in [1.807, 2.05) is 0 Å². The summed E-state index contributed by atoms with van der Waals surface area (Å²) in [5, 5.41) is 0. The zero-order chi connectivity index (χ0) is 19.2. The third-order valence-corrected chi connectivity index (χ3v) is 4.70. The Balaban J connectivity index is 2.24. The lowest BCUT2D eigenvalue weighted by Gasteiger charge is -2.42. The molecule has 1 atom stereocenters. The number of alkyl halides is 2. The lowest BCUT2D eigenvalue weighted by atomic mass is 9.77. The highest BCUT2D eigenvalue weighted by atomic mass is 19.3. The van der Waals surface area contributed by atoms with Crippen LogP contribution < -0.4 is 5.73 Å². The van der Waals surface area contributed by atoms with Crippen LogP contribution >= 0.6 is 0 Å². The molecule has 2 aromatic rings. The van der Waals surface area contributed by atoms with Gasteiger partial charge in [-0.2, -0.15) is 0 Å². The molecule has 1 aliphatic heterocycles. The topological polar surface area (TPSA) is 73.4 Å². The number of nitrogens with zero attached hydrogens (tertiary/aromatic N) is 3. The van der Waals surface area contributed by atoms with Crippen LogP contribution in [0.2, 0.25) is 0 Å². The van der Waals surface area contributed by atoms with Crippen molar-refractivity contribution >= 4 is 5.84 Å². The summed E-state index contributed by atoms with van der Waals surface area (Å²) in [5.74, 6) is -4.46. The number of hydrogen-bond acceptors (Lipinski definition) is 5. The average molecular weight is 364 g/mol. The Labute approximate surface area is 149 Å². The van der Waals surface area contributed by atoms with Crippen molar-refractivity contribution < 1.29 is 17.9 Å². The first-order chi connectivity index (χ1) is 12.1. The molecule has 26 heavy (non-hydrogen) atoms. The minimum Gasteiger partial charge on any atom is -0.385 e. The molecule has 0 saturated carbocycles. The van der Waals surface area contributed by atoms with Gasteiger partial charge in [-0.25, -0.2) is 23.1 Å². The van der Waals surface area contributed by atoms with Crippen LogP contribution in [0.3, 0.4) is 0 Å². The van der Waals surface area contributed by atoms with Gasteiger partial charge in [0.2, 0.25) is 0 Å². The Hall–Kier alpha value is -2.48. The van der Waals surface area contributed by atoms with Gasteiger partial charge < -0.3 is 10.5 Å². The molecule has 2 N–H and O–H groups in total. The number of halogens is 3. The summed E-state index contributed by atoms with van der Waals surface area (Å²) in [6, 6.07) is 3.94. The van der Waals surface area contributed by atoms with E-state index in [0.717, 1.165) is 6.07 Å². The normalized spacial score (nSPS) is 24.6. The van der Waals surface area contributed by atoms with Crippen molar-refractivity contribution in [3.8, 4) is 11.1 Å². The van der Waals surface area contributed by atoms with E-state index in [4.69, 9.17) is 10.5 Å². The molecule has 138 valence electrons. The largest absolute Gasteiger partial charge is 0.385 e. The molecular weight excluding hydrogens is 345 g/mol. The molecule has 0 aliphatic carbocycles. The van der Waals surface area contributed by atoms with Gasteiger partial charge in [-0.1, -0.05) is 6.07 Å². The number of aliphatic imine (C=N–C) groups is 1. The predicted octanol–water partition coefficient (Wildman–Crippen LogP) is 3.30. The molecular formula is C18H19F3N4O. The number of benzene rings is 1. The van der Waals surface area contributed by atoms with Crippen molar-refractivity contribution in [2.75, 3.05) is 6.61 Å². The number of hydrogen-bond donors (Lipinski definition) is 1. The van der Waals surface area contributed by atoms with Crippen molar-refractivity contribution in [1.82, 2.24) is 9.97 Å². The van der Waals surface area contributed by atoms with Crippen molar-refractivity contribution in [2.24, 2.45) is 10.7 Å². The number of rotatable bonds is 2. The van der Waals surface area contributed by atoms with Gasteiger partial charge in [-0.15, -0.1) is 0 Å². The van der Waals surface area contributed by atoms with Crippen LogP contribution in [0.1, 0.15) is 26.3 Å². The number of aromatic nitrogens is 2. The van der Waals surface area contributed by atoms with Gasteiger partial charge in [0.05, 0.1) is 0 Å². The summed E-state index contributed by atoms with van der Waals surface area (Å²) in [4.78, 5) is 11.8. The first-order valence-corrected chi connectivity index (χ1v) is 8.00. The van der Waals surface area contributed by atoms with Crippen molar-refractivity contribution in [3.63, 3.8) is 0 Å². The minimum absolute atomic E-state index is 0.120. The van der Waals surface area contributed by atoms with Crippen LogP contribution in [-0.4, -0.2) is 33.9 Å². The van der Waals surface area contributed by atoms with Crippen LogP contribution in [0.15, 0.2) is 41.9 Å². The predicted molar refractivity (Wildman–Crippen MR) is 91.4 cm³/mol. The molecule has 0 spiro atoms. The van der Waals surface area contributed by atoms with Crippen LogP contribution in [0.25, 0.3) is 11.1 Å². The van der Waals surface area contributed by atoms with Crippen LogP contribution in [0.5, 0.6) is 0 Å². The molecule has 5 nitrogen and oxygen atoms in total. The van der Waals surface area contributed by atoms with E-state index >= 15 is 8.78 Å². The fourth-order valence-corrected chi connectivity index (χ4v) is 3.08. The number of amidine groups is 1. The summed E-state index contributed by atoms with van der Waals surface area (Å²) in [6.07, 6.45) is 4.38. The Kier molecular flexibility index (Phi) is 4.26. The summed E-state index contributed by atoms with van der Waals surface area (Å²) in [5.41, 5.74) is 2.39. The molecule has 1 unspecified atom stereocenters. The zero-order valence-corrected chi connectivity index (χ0v) is 14.6. The van der Waals surface area contributed by atoms with Crippen LogP contribution in [0.4, 0.5) is 13.2 Å². The van der Waals surface area contributed by atoms with E-state index < -0.39 is 22.9 Å². The van der Waals surface area contributed by atoms with E-state index in [1.54, 1.807) is 0 Å². The lowest BCUT2D eigenvalue weighted by Crippen LogP contribution is -2.56. The molecule has 0 saturated heterocycles. The molecule has 1 aliphatic rings. The number of nitrogens with two attached hydrogens (primary N) is 1. The molecule has 1 aromatic carbocycles. The van der Waals surface area contributed by atoms with Gasteiger partial charge >= 0.3 is 5.92 Å². The molecule has 3 rings (SSSR count). The second kappa shape index (κ2) is 6.05. The van der Waals surface area contributed by atoms with Crippen molar-refractivity contribution in [1.29, 1.82) is 0 Å². The molecule has 8 heteroatoms. The van der Waals surface area contributed by atoms with Crippen LogP contribution in [0, 0.1) is 5.82 Å². The average Bonchev–Trinajstić information content (AvgIpc) is 2.66. The maximum absolute atomic E-state index is 15.4. The second-order valence-electron chi connectivity index (χ2n) is 6.87. The Morgan fingerprint density at radius 1 is 1.08 bits per heavy atom. The first-order valence-electron chi connectivity index (χ1n) is 8.00. The number of ether oxygens (including phenoxy) is 1. The first kappa shape index (κ1) is 18.3. The third kappa shape index (κ3) is 2.74. The smallest absolute Gasteiger partial charge is 0.304 e. The van der Waals surface area contributed by atoms with Gasteiger partial charge in [0.15, 0.2) is 5.54 Å². The summed E-state index contributed by atoms with van der Waals surface area (Å²) >= 11 is 0. The van der Waals surface area contributed by atoms with Crippen molar-refractivity contribution in [3.05, 3.63) is 48.3 Å². The summed E-state index contributed by atoms with van der Waals surface area (Å²) in [7, 11) is 0. The molecule has 0 amide bonds.